The first-order chi connectivity index (χ1) is 10.3. The molecule has 0 N–H and O–H groups in total. The highest BCUT2D eigenvalue weighted by molar-refractivity contribution is 6.31. The molecule has 0 aliphatic rings. The summed E-state index contributed by atoms with van der Waals surface area (Å²) in [5.41, 5.74) is -0.474. The van der Waals surface area contributed by atoms with Crippen LogP contribution in [0.25, 0.3) is 11.3 Å². The number of alkyl halides is 3. The van der Waals surface area contributed by atoms with Crippen LogP contribution >= 0.6 is 11.6 Å². The number of aryl methyl sites for hydroxylation is 1. The maximum Gasteiger partial charge on any atom is 0.417 e. The molecule has 1 aromatic heterocycles. The maximum atomic E-state index is 12.8. The second-order valence-electron chi connectivity index (χ2n) is 4.40. The van der Waals surface area contributed by atoms with Gasteiger partial charge in [-0.2, -0.15) is 13.2 Å². The maximum absolute atomic E-state index is 12.8. The summed E-state index contributed by atoms with van der Waals surface area (Å²) in [6.07, 6.45) is -3.04. The number of ether oxygens (including phenoxy) is 1. The molecule has 0 amide bonds. The zero-order valence-corrected chi connectivity index (χ0v) is 12.2. The first-order valence-electron chi connectivity index (χ1n) is 6.19. The largest absolute Gasteiger partial charge is 0.469 e. The third-order valence-electron chi connectivity index (χ3n) is 2.89. The molecule has 0 saturated heterocycles. The van der Waals surface area contributed by atoms with Crippen molar-refractivity contribution in [1.29, 1.82) is 0 Å². The lowest BCUT2D eigenvalue weighted by Gasteiger charge is -2.09. The molecule has 0 spiro atoms. The summed E-state index contributed by atoms with van der Waals surface area (Å²) in [5.74, 6) is -0.186. The minimum Gasteiger partial charge on any atom is -0.469 e. The Kier molecular flexibility index (Phi) is 4.75. The van der Waals surface area contributed by atoms with E-state index in [1.165, 1.54) is 19.4 Å². The van der Waals surface area contributed by atoms with E-state index in [4.69, 9.17) is 16.0 Å². The molecule has 1 heterocycles. The van der Waals surface area contributed by atoms with Gasteiger partial charge < -0.3 is 9.15 Å². The van der Waals surface area contributed by atoms with Gasteiger partial charge in [0.2, 0.25) is 0 Å². The highest BCUT2D eigenvalue weighted by Crippen LogP contribution is 2.37. The number of hydrogen-bond acceptors (Lipinski definition) is 4. The van der Waals surface area contributed by atoms with Crippen LogP contribution in [-0.2, 0) is 22.1 Å². The highest BCUT2D eigenvalue weighted by Gasteiger charge is 2.33. The summed E-state index contributed by atoms with van der Waals surface area (Å²) in [7, 11) is 1.26. The summed E-state index contributed by atoms with van der Waals surface area (Å²) in [6, 6.07) is 3.48. The lowest BCUT2D eigenvalue weighted by Crippen LogP contribution is -2.06. The normalized spacial score (nSPS) is 11.5. The monoisotopic (exact) mass is 333 g/mol. The Labute approximate surface area is 128 Å². The summed E-state index contributed by atoms with van der Waals surface area (Å²) in [5, 5.41) is -0.384. The van der Waals surface area contributed by atoms with Gasteiger partial charge in [0.15, 0.2) is 5.89 Å². The summed E-state index contributed by atoms with van der Waals surface area (Å²) < 4.78 is 48.1. The number of nitrogens with zero attached hydrogens (tertiary/aromatic N) is 1. The average Bonchev–Trinajstić information content (AvgIpc) is 2.92. The molecule has 0 aliphatic carbocycles. The fourth-order valence-electron chi connectivity index (χ4n) is 1.77. The molecule has 0 fully saturated rings. The number of carbonyl (C=O) groups is 1. The molecule has 118 valence electrons. The molecule has 0 saturated carbocycles. The highest BCUT2D eigenvalue weighted by atomic mass is 35.5. The molecule has 2 rings (SSSR count). The van der Waals surface area contributed by atoms with Crippen LogP contribution in [-0.4, -0.2) is 18.1 Å². The van der Waals surface area contributed by atoms with Crippen molar-refractivity contribution in [2.75, 3.05) is 7.11 Å². The molecule has 1 aromatic carbocycles. The van der Waals surface area contributed by atoms with Gasteiger partial charge in [-0.1, -0.05) is 17.7 Å². The van der Waals surface area contributed by atoms with Crippen molar-refractivity contribution in [2.45, 2.75) is 19.0 Å². The summed E-state index contributed by atoms with van der Waals surface area (Å²) in [6.45, 7) is 0. The molecule has 8 heteroatoms. The molecule has 0 unspecified atom stereocenters. The van der Waals surface area contributed by atoms with E-state index >= 15 is 0 Å². The Morgan fingerprint density at radius 1 is 1.41 bits per heavy atom. The van der Waals surface area contributed by atoms with Crippen molar-refractivity contribution in [2.24, 2.45) is 0 Å². The van der Waals surface area contributed by atoms with Gasteiger partial charge in [0.25, 0.3) is 0 Å². The molecule has 0 aliphatic heterocycles. The van der Waals surface area contributed by atoms with Crippen LogP contribution in [0, 0.1) is 0 Å². The van der Waals surface area contributed by atoms with Crippen LogP contribution in [0.4, 0.5) is 13.2 Å². The number of benzene rings is 1. The fourth-order valence-corrected chi connectivity index (χ4v) is 2.00. The topological polar surface area (TPSA) is 52.3 Å². The van der Waals surface area contributed by atoms with E-state index in [2.05, 4.69) is 9.72 Å². The van der Waals surface area contributed by atoms with Crippen molar-refractivity contribution in [3.63, 3.8) is 0 Å². The SMILES string of the molecule is COC(=O)CCc1nc(-c2ccc(Cl)c(C(F)(F)F)c2)co1. The zero-order valence-electron chi connectivity index (χ0n) is 11.4. The Morgan fingerprint density at radius 3 is 2.77 bits per heavy atom. The molecular formula is C14H11ClF3NO3. The zero-order chi connectivity index (χ0) is 16.3. The summed E-state index contributed by atoms with van der Waals surface area (Å²) in [4.78, 5) is 15.1. The van der Waals surface area contributed by atoms with Gasteiger partial charge in [-0.15, -0.1) is 0 Å². The van der Waals surface area contributed by atoms with Crippen molar-refractivity contribution in [3.05, 3.63) is 40.9 Å². The van der Waals surface area contributed by atoms with Crippen LogP contribution in [0.2, 0.25) is 5.02 Å². The Balaban J connectivity index is 2.22. The van der Waals surface area contributed by atoms with Gasteiger partial charge in [0, 0.05) is 12.0 Å². The van der Waals surface area contributed by atoms with Gasteiger partial charge in [-0.05, 0) is 12.1 Å². The van der Waals surface area contributed by atoms with Gasteiger partial charge in [0.05, 0.1) is 24.1 Å². The minimum absolute atomic E-state index is 0.0743. The number of methoxy groups -OCH3 is 1. The van der Waals surface area contributed by atoms with E-state index in [0.29, 0.717) is 0 Å². The van der Waals surface area contributed by atoms with Crippen molar-refractivity contribution < 1.29 is 27.1 Å². The number of aromatic nitrogens is 1. The number of esters is 1. The average molecular weight is 334 g/mol. The smallest absolute Gasteiger partial charge is 0.417 e. The van der Waals surface area contributed by atoms with Crippen LogP contribution < -0.4 is 0 Å². The molecule has 22 heavy (non-hydrogen) atoms. The standard InChI is InChI=1S/C14H11ClF3NO3/c1-21-13(20)5-4-12-19-11(7-22-12)8-2-3-10(15)9(6-8)14(16,17)18/h2-3,6-7H,4-5H2,1H3. The van der Waals surface area contributed by atoms with E-state index in [1.54, 1.807) is 0 Å². The van der Waals surface area contributed by atoms with E-state index in [9.17, 15) is 18.0 Å². The molecule has 0 radical (unpaired) electrons. The van der Waals surface area contributed by atoms with Gasteiger partial charge in [-0.3, -0.25) is 4.79 Å². The lowest BCUT2D eigenvalue weighted by atomic mass is 10.1. The molecular weight excluding hydrogens is 323 g/mol. The van der Waals surface area contributed by atoms with Crippen LogP contribution in [0.15, 0.2) is 28.9 Å². The molecule has 0 bridgehead atoms. The molecule has 4 nitrogen and oxygen atoms in total. The Morgan fingerprint density at radius 2 is 2.14 bits per heavy atom. The number of oxazole rings is 1. The number of halogens is 4. The molecule has 2 aromatic rings. The van der Waals surface area contributed by atoms with E-state index < -0.39 is 17.7 Å². The van der Waals surface area contributed by atoms with Gasteiger partial charge >= 0.3 is 12.1 Å². The first kappa shape index (κ1) is 16.4. The van der Waals surface area contributed by atoms with Gasteiger partial charge in [0.1, 0.15) is 12.0 Å². The second-order valence-corrected chi connectivity index (χ2v) is 4.80. The van der Waals surface area contributed by atoms with E-state index in [0.717, 1.165) is 12.1 Å². The quantitative estimate of drug-likeness (QED) is 0.790. The van der Waals surface area contributed by atoms with Gasteiger partial charge in [-0.25, -0.2) is 4.98 Å². The minimum atomic E-state index is -4.55. The predicted octanol–water partition coefficient (Wildman–Crippen LogP) is 4.12. The van der Waals surface area contributed by atoms with Crippen LogP contribution in [0.1, 0.15) is 17.9 Å². The van der Waals surface area contributed by atoms with Crippen molar-refractivity contribution in [3.8, 4) is 11.3 Å². The Hall–Kier alpha value is -2.02. The third kappa shape index (κ3) is 3.79. The Bertz CT molecular complexity index is 682. The van der Waals surface area contributed by atoms with Crippen LogP contribution in [0.3, 0.4) is 0 Å². The summed E-state index contributed by atoms with van der Waals surface area (Å²) >= 11 is 5.56. The van der Waals surface area contributed by atoms with Crippen molar-refractivity contribution >= 4 is 17.6 Å². The third-order valence-corrected chi connectivity index (χ3v) is 3.22. The van der Waals surface area contributed by atoms with E-state index in [-0.39, 0.29) is 35.0 Å². The first-order valence-corrected chi connectivity index (χ1v) is 6.57. The predicted molar refractivity (Wildman–Crippen MR) is 72.3 cm³/mol. The van der Waals surface area contributed by atoms with E-state index in [1.807, 2.05) is 0 Å². The molecule has 0 atom stereocenters. The van der Waals surface area contributed by atoms with Crippen LogP contribution in [0.5, 0.6) is 0 Å². The number of hydrogen-bond donors (Lipinski definition) is 0. The fraction of sp³-hybridized carbons (Fsp3) is 0.286. The van der Waals surface area contributed by atoms with Crippen molar-refractivity contribution in [1.82, 2.24) is 4.98 Å². The number of carbonyl (C=O) groups excluding carboxylic acids is 1. The second kappa shape index (κ2) is 6.39. The number of rotatable bonds is 4. The lowest BCUT2D eigenvalue weighted by molar-refractivity contribution is -0.140.